The van der Waals surface area contributed by atoms with Gasteiger partial charge in [0.25, 0.3) is 5.91 Å². The lowest BCUT2D eigenvalue weighted by Gasteiger charge is -2.34. The summed E-state index contributed by atoms with van der Waals surface area (Å²) in [5, 5.41) is 0.842. The summed E-state index contributed by atoms with van der Waals surface area (Å²) in [5.41, 5.74) is 1.86. The number of carbonyl (C=O) groups is 1. The minimum Gasteiger partial charge on any atom is -0.464 e. The number of sulfonamides is 1. The lowest BCUT2D eigenvalue weighted by Crippen LogP contribution is -2.50. The normalized spacial score (nSPS) is 15.8. The number of furan rings is 1. The summed E-state index contributed by atoms with van der Waals surface area (Å²) in [6.07, 6.45) is 1.57. The molecule has 0 bridgehead atoms. The quantitative estimate of drug-likeness (QED) is 0.535. The van der Waals surface area contributed by atoms with Gasteiger partial charge in [-0.2, -0.15) is 4.31 Å². The summed E-state index contributed by atoms with van der Waals surface area (Å²) in [6, 6.07) is 11.3. The molecule has 2 aromatic heterocycles. The number of piperazine rings is 1. The number of hydrogen-bond acceptors (Lipinski definition) is 6. The number of benzene rings is 2. The highest BCUT2D eigenvalue weighted by atomic mass is 32.2. The lowest BCUT2D eigenvalue weighted by molar-refractivity contribution is 0.0698. The number of nitrogens with one attached hydrogen (secondary N) is 1. The zero-order valence-electron chi connectivity index (χ0n) is 15.7. The number of oxazole rings is 1. The van der Waals surface area contributed by atoms with E-state index in [0.29, 0.717) is 16.7 Å². The van der Waals surface area contributed by atoms with Crippen molar-refractivity contribution in [1.82, 2.24) is 14.2 Å². The van der Waals surface area contributed by atoms with Gasteiger partial charge in [0.2, 0.25) is 10.0 Å². The highest BCUT2D eigenvalue weighted by Crippen LogP contribution is 2.23. The number of fused-ring (bicyclic) bond motifs is 2. The molecule has 2 aromatic carbocycles. The number of aromatic amines is 1. The van der Waals surface area contributed by atoms with Crippen molar-refractivity contribution in [3.8, 4) is 0 Å². The van der Waals surface area contributed by atoms with Crippen molar-refractivity contribution in [2.24, 2.45) is 0 Å². The maximum absolute atomic E-state index is 13.0. The highest BCUT2D eigenvalue weighted by molar-refractivity contribution is 7.89. The average Bonchev–Trinajstić information content (AvgIpc) is 3.37. The fourth-order valence-corrected chi connectivity index (χ4v) is 5.09. The molecule has 4 aromatic rings. The van der Waals surface area contributed by atoms with Gasteiger partial charge < -0.3 is 13.7 Å². The van der Waals surface area contributed by atoms with Crippen LogP contribution in [0.2, 0.25) is 0 Å². The molecular weight excluding hydrogens is 410 g/mol. The van der Waals surface area contributed by atoms with E-state index in [4.69, 9.17) is 8.83 Å². The van der Waals surface area contributed by atoms with E-state index in [1.54, 1.807) is 35.4 Å². The summed E-state index contributed by atoms with van der Waals surface area (Å²) >= 11 is 0. The molecule has 1 fully saturated rings. The van der Waals surface area contributed by atoms with Crippen LogP contribution in [0.5, 0.6) is 0 Å². The van der Waals surface area contributed by atoms with Crippen LogP contribution >= 0.6 is 0 Å². The van der Waals surface area contributed by atoms with Gasteiger partial charge in [0.1, 0.15) is 5.58 Å². The van der Waals surface area contributed by atoms with E-state index in [9.17, 15) is 18.0 Å². The molecule has 1 N–H and O–H groups in total. The Kier molecular flexibility index (Phi) is 4.26. The molecule has 30 heavy (non-hydrogen) atoms. The molecule has 10 heteroatoms. The Morgan fingerprint density at radius 3 is 2.57 bits per heavy atom. The first-order valence-corrected chi connectivity index (χ1v) is 10.8. The van der Waals surface area contributed by atoms with Crippen LogP contribution in [0.4, 0.5) is 0 Å². The molecule has 0 atom stereocenters. The smallest absolute Gasteiger partial charge is 0.417 e. The van der Waals surface area contributed by atoms with Crippen molar-refractivity contribution in [2.45, 2.75) is 4.90 Å². The summed E-state index contributed by atoms with van der Waals surface area (Å²) in [5.74, 6) is -0.786. The van der Waals surface area contributed by atoms with Crippen LogP contribution in [0.1, 0.15) is 10.4 Å². The van der Waals surface area contributed by atoms with Gasteiger partial charge in [-0.1, -0.05) is 0 Å². The third-order valence-electron chi connectivity index (χ3n) is 5.26. The average molecular weight is 427 g/mol. The molecule has 9 nitrogen and oxygen atoms in total. The minimum absolute atomic E-state index is 0.0444. The van der Waals surface area contributed by atoms with Gasteiger partial charge in [-0.05, 0) is 36.4 Å². The highest BCUT2D eigenvalue weighted by Gasteiger charge is 2.31. The maximum Gasteiger partial charge on any atom is 0.417 e. The fourth-order valence-electron chi connectivity index (χ4n) is 3.65. The van der Waals surface area contributed by atoms with Crippen LogP contribution in [0, 0.1) is 0 Å². The third-order valence-corrected chi connectivity index (χ3v) is 7.15. The van der Waals surface area contributed by atoms with Gasteiger partial charge >= 0.3 is 5.76 Å². The molecule has 0 unspecified atom stereocenters. The second-order valence-electron chi connectivity index (χ2n) is 7.04. The molecule has 1 aliphatic rings. The van der Waals surface area contributed by atoms with Crippen LogP contribution < -0.4 is 5.76 Å². The Balaban J connectivity index is 1.32. The summed E-state index contributed by atoms with van der Waals surface area (Å²) in [4.78, 5) is 28.3. The molecule has 0 saturated carbocycles. The molecule has 1 saturated heterocycles. The predicted octanol–water partition coefficient (Wildman–Crippen LogP) is 2.01. The van der Waals surface area contributed by atoms with E-state index in [1.165, 1.54) is 22.5 Å². The minimum atomic E-state index is -3.77. The molecule has 0 radical (unpaired) electrons. The van der Waals surface area contributed by atoms with E-state index in [2.05, 4.69) is 4.98 Å². The van der Waals surface area contributed by atoms with Crippen molar-refractivity contribution < 1.29 is 22.0 Å². The van der Waals surface area contributed by atoms with Gasteiger partial charge in [0.15, 0.2) is 5.58 Å². The van der Waals surface area contributed by atoms with E-state index in [0.717, 1.165) is 5.39 Å². The zero-order valence-corrected chi connectivity index (χ0v) is 16.5. The SMILES string of the molecule is O=C(c1ccc2occc2c1)N1CCN(S(=O)(=O)c2ccc3[nH]c(=O)oc3c2)CC1. The monoisotopic (exact) mass is 427 g/mol. The van der Waals surface area contributed by atoms with Crippen molar-refractivity contribution in [2.75, 3.05) is 26.2 Å². The van der Waals surface area contributed by atoms with Crippen LogP contribution in [-0.2, 0) is 10.0 Å². The lowest BCUT2D eigenvalue weighted by atomic mass is 10.1. The van der Waals surface area contributed by atoms with Gasteiger partial charge in [-0.15, -0.1) is 0 Å². The molecule has 3 heterocycles. The van der Waals surface area contributed by atoms with Crippen molar-refractivity contribution in [3.63, 3.8) is 0 Å². The zero-order chi connectivity index (χ0) is 20.9. The predicted molar refractivity (Wildman–Crippen MR) is 108 cm³/mol. The van der Waals surface area contributed by atoms with Crippen molar-refractivity contribution in [3.05, 3.63) is 64.8 Å². The second kappa shape index (κ2) is 6.85. The first-order chi connectivity index (χ1) is 14.4. The van der Waals surface area contributed by atoms with Crippen LogP contribution in [-0.4, -0.2) is 54.7 Å². The molecule has 0 spiro atoms. The molecule has 0 aliphatic carbocycles. The number of H-pyrrole nitrogens is 1. The fraction of sp³-hybridized carbons (Fsp3) is 0.200. The Bertz CT molecular complexity index is 1420. The summed E-state index contributed by atoms with van der Waals surface area (Å²) in [7, 11) is -3.77. The third kappa shape index (κ3) is 3.10. The molecular formula is C20H17N3O6S. The van der Waals surface area contributed by atoms with Crippen molar-refractivity contribution >= 4 is 38.0 Å². The number of carbonyl (C=O) groups excluding carboxylic acids is 1. The van der Waals surface area contributed by atoms with Gasteiger partial charge in [-0.25, -0.2) is 13.2 Å². The number of aromatic nitrogens is 1. The van der Waals surface area contributed by atoms with Gasteiger partial charge in [-0.3, -0.25) is 9.78 Å². The molecule has 1 amide bonds. The first-order valence-electron chi connectivity index (χ1n) is 9.31. The number of rotatable bonds is 3. The van der Waals surface area contributed by atoms with E-state index < -0.39 is 15.8 Å². The van der Waals surface area contributed by atoms with Crippen LogP contribution in [0.25, 0.3) is 22.1 Å². The molecule has 1 aliphatic heterocycles. The Hall–Kier alpha value is -3.37. The largest absolute Gasteiger partial charge is 0.464 e. The molecule has 5 rings (SSSR count). The Morgan fingerprint density at radius 2 is 1.77 bits per heavy atom. The standard InChI is InChI=1S/C20H17N3O6S/c24-19(14-1-4-17-13(11-14)5-10-28-17)22-6-8-23(9-7-22)30(26,27)15-2-3-16-18(12-15)29-20(25)21-16/h1-5,10-12H,6-9H2,(H,21,25). The Labute approximate surface area is 170 Å². The van der Waals surface area contributed by atoms with E-state index >= 15 is 0 Å². The number of nitrogens with zero attached hydrogens (tertiary/aromatic N) is 2. The number of hydrogen-bond donors (Lipinski definition) is 1. The van der Waals surface area contributed by atoms with Gasteiger partial charge in [0.05, 0.1) is 16.7 Å². The number of amides is 1. The molecule has 154 valence electrons. The van der Waals surface area contributed by atoms with E-state index in [1.807, 2.05) is 0 Å². The maximum atomic E-state index is 13.0. The van der Waals surface area contributed by atoms with Crippen molar-refractivity contribution in [1.29, 1.82) is 0 Å². The summed E-state index contributed by atoms with van der Waals surface area (Å²) in [6.45, 7) is 0.917. The first kappa shape index (κ1) is 18.6. The van der Waals surface area contributed by atoms with E-state index in [-0.39, 0.29) is 42.6 Å². The van der Waals surface area contributed by atoms with Gasteiger partial charge in [0, 0.05) is 43.2 Å². The second-order valence-corrected chi connectivity index (χ2v) is 8.98. The van der Waals surface area contributed by atoms with Crippen LogP contribution in [0.3, 0.4) is 0 Å². The summed E-state index contributed by atoms with van der Waals surface area (Å²) < 4.78 is 37.6. The van der Waals surface area contributed by atoms with Crippen LogP contribution in [0.15, 0.2) is 67.3 Å². The Morgan fingerprint density at radius 1 is 0.967 bits per heavy atom. The topological polar surface area (TPSA) is 117 Å².